The minimum Gasteiger partial charge on any atom is -0.408 e. The van der Waals surface area contributed by atoms with E-state index in [0.29, 0.717) is 17.7 Å². The summed E-state index contributed by atoms with van der Waals surface area (Å²) in [6.07, 6.45) is 0.347. The quantitative estimate of drug-likeness (QED) is 0.546. The van der Waals surface area contributed by atoms with E-state index < -0.39 is 17.1 Å². The third-order valence-corrected chi connectivity index (χ3v) is 4.55. The number of aromatic nitrogens is 2. The maximum atomic E-state index is 13.2. The van der Waals surface area contributed by atoms with Gasteiger partial charge in [0.1, 0.15) is 22.6 Å². The molecule has 0 unspecified atom stereocenters. The third kappa shape index (κ3) is 3.22. The maximum absolute atomic E-state index is 13.2. The van der Waals surface area contributed by atoms with Gasteiger partial charge in [-0.15, -0.1) is 0 Å². The molecule has 0 amide bonds. The monoisotopic (exact) mass is 380 g/mol. The third-order valence-electron chi connectivity index (χ3n) is 4.55. The lowest BCUT2D eigenvalue weighted by Gasteiger charge is -2.11. The fraction of sp³-hybridized carbons (Fsp3) is 0.0952. The van der Waals surface area contributed by atoms with Crippen LogP contribution in [0.3, 0.4) is 0 Å². The lowest BCUT2D eigenvalue weighted by Crippen LogP contribution is -2.23. The molecule has 4 rings (SSSR count). The largest absolute Gasteiger partial charge is 0.439 e. The maximum Gasteiger partial charge on any atom is 0.439 e. The minimum atomic E-state index is -0.854. The molecule has 5 nitrogen and oxygen atoms in total. The van der Waals surface area contributed by atoms with E-state index in [2.05, 4.69) is 4.98 Å². The first-order chi connectivity index (χ1) is 13.4. The molecular formula is C21H14F2N2O3. The predicted octanol–water partition coefficient (Wildman–Crippen LogP) is 3.42. The molecule has 2 aromatic heterocycles. The van der Waals surface area contributed by atoms with Crippen molar-refractivity contribution in [3.05, 3.63) is 98.4 Å². The molecule has 0 bridgehead atoms. The summed E-state index contributed by atoms with van der Waals surface area (Å²) in [6, 6.07) is 12.9. The number of benzene rings is 2. The van der Waals surface area contributed by atoms with Crippen LogP contribution in [0.2, 0.25) is 0 Å². The van der Waals surface area contributed by atoms with Crippen molar-refractivity contribution in [2.75, 3.05) is 0 Å². The number of hydrogen-bond donors (Lipinski definition) is 0. The average Bonchev–Trinajstić information content (AvgIpc) is 2.67. The van der Waals surface area contributed by atoms with Crippen molar-refractivity contribution >= 4 is 11.0 Å². The zero-order chi connectivity index (χ0) is 19.8. The Labute approximate surface area is 157 Å². The Morgan fingerprint density at radius 2 is 1.57 bits per heavy atom. The Balaban J connectivity index is 1.92. The minimum absolute atomic E-state index is 0.0968. The van der Waals surface area contributed by atoms with Gasteiger partial charge in [0, 0.05) is 30.8 Å². The van der Waals surface area contributed by atoms with E-state index in [1.807, 2.05) is 0 Å². The summed E-state index contributed by atoms with van der Waals surface area (Å²) in [7, 11) is 1.60. The highest BCUT2D eigenvalue weighted by Crippen LogP contribution is 2.24. The van der Waals surface area contributed by atoms with Crippen LogP contribution in [0.5, 0.6) is 0 Å². The SMILES string of the molecule is Cn1c(Cc2ccc(F)cc2)cc2oc(=O)nc(-c3ccc(F)cc3)c2c1=O. The van der Waals surface area contributed by atoms with E-state index >= 15 is 0 Å². The zero-order valence-corrected chi connectivity index (χ0v) is 14.8. The van der Waals surface area contributed by atoms with Crippen LogP contribution in [0.1, 0.15) is 11.3 Å². The van der Waals surface area contributed by atoms with Crippen molar-refractivity contribution in [2.45, 2.75) is 6.42 Å². The molecule has 0 aliphatic heterocycles. The first-order valence-electron chi connectivity index (χ1n) is 8.46. The smallest absolute Gasteiger partial charge is 0.408 e. The van der Waals surface area contributed by atoms with Gasteiger partial charge in [-0.25, -0.2) is 13.6 Å². The molecule has 0 saturated heterocycles. The second-order valence-corrected chi connectivity index (χ2v) is 6.38. The van der Waals surface area contributed by atoms with Crippen LogP contribution in [0.4, 0.5) is 8.78 Å². The first kappa shape index (κ1) is 17.8. The molecule has 0 aliphatic carbocycles. The normalized spacial score (nSPS) is 11.1. The molecule has 0 saturated carbocycles. The van der Waals surface area contributed by atoms with Crippen LogP contribution in [0.25, 0.3) is 22.2 Å². The zero-order valence-electron chi connectivity index (χ0n) is 14.8. The highest BCUT2D eigenvalue weighted by Gasteiger charge is 2.17. The van der Waals surface area contributed by atoms with Gasteiger partial charge in [-0.2, -0.15) is 4.98 Å². The molecule has 0 spiro atoms. The summed E-state index contributed by atoms with van der Waals surface area (Å²) in [5, 5.41) is 0.136. The van der Waals surface area contributed by atoms with E-state index in [1.54, 1.807) is 25.2 Å². The molecule has 0 radical (unpaired) electrons. The van der Waals surface area contributed by atoms with Gasteiger partial charge in [0.2, 0.25) is 0 Å². The van der Waals surface area contributed by atoms with Gasteiger partial charge >= 0.3 is 5.76 Å². The van der Waals surface area contributed by atoms with Gasteiger partial charge in [0.25, 0.3) is 5.56 Å². The van der Waals surface area contributed by atoms with Crippen LogP contribution in [-0.2, 0) is 13.5 Å². The number of pyridine rings is 1. The van der Waals surface area contributed by atoms with Gasteiger partial charge in [0.15, 0.2) is 0 Å². The molecule has 0 N–H and O–H groups in total. The molecule has 0 fully saturated rings. The van der Waals surface area contributed by atoms with Gasteiger partial charge in [-0.3, -0.25) is 4.79 Å². The van der Waals surface area contributed by atoms with Gasteiger partial charge in [0.05, 0.1) is 5.69 Å². The van der Waals surface area contributed by atoms with Crippen LogP contribution >= 0.6 is 0 Å². The molecule has 2 heterocycles. The fourth-order valence-electron chi connectivity index (χ4n) is 3.08. The second kappa shape index (κ2) is 6.84. The number of nitrogens with zero attached hydrogens (tertiary/aromatic N) is 2. The van der Waals surface area contributed by atoms with Crippen molar-refractivity contribution in [1.82, 2.24) is 9.55 Å². The van der Waals surface area contributed by atoms with E-state index in [0.717, 1.165) is 5.56 Å². The first-order valence-corrected chi connectivity index (χ1v) is 8.46. The summed E-state index contributed by atoms with van der Waals surface area (Å²) in [4.78, 5) is 28.8. The Kier molecular flexibility index (Phi) is 4.35. The van der Waals surface area contributed by atoms with Crippen LogP contribution in [0.15, 0.2) is 68.6 Å². The lowest BCUT2D eigenvalue weighted by atomic mass is 10.1. The molecule has 0 aliphatic rings. The van der Waals surface area contributed by atoms with Crippen molar-refractivity contribution < 1.29 is 13.2 Å². The lowest BCUT2D eigenvalue weighted by molar-refractivity contribution is 0.530. The van der Waals surface area contributed by atoms with Crippen LogP contribution in [0, 0.1) is 11.6 Å². The topological polar surface area (TPSA) is 65.1 Å². The fourth-order valence-corrected chi connectivity index (χ4v) is 3.08. The van der Waals surface area contributed by atoms with E-state index in [4.69, 9.17) is 4.42 Å². The van der Waals surface area contributed by atoms with Gasteiger partial charge in [-0.05, 0) is 42.0 Å². The number of hydrogen-bond acceptors (Lipinski definition) is 4. The van der Waals surface area contributed by atoms with E-state index in [-0.39, 0.29) is 22.5 Å². The molecule has 28 heavy (non-hydrogen) atoms. The summed E-state index contributed by atoms with van der Waals surface area (Å²) in [5.41, 5.74) is 1.65. The van der Waals surface area contributed by atoms with E-state index in [1.165, 1.54) is 41.0 Å². The molecule has 2 aromatic carbocycles. The van der Waals surface area contributed by atoms with Gasteiger partial charge in [-0.1, -0.05) is 12.1 Å². The molecular weight excluding hydrogens is 366 g/mol. The molecule has 140 valence electrons. The Bertz CT molecular complexity index is 1290. The highest BCUT2D eigenvalue weighted by atomic mass is 19.1. The second-order valence-electron chi connectivity index (χ2n) is 6.38. The number of rotatable bonds is 3. The van der Waals surface area contributed by atoms with Crippen molar-refractivity contribution in [1.29, 1.82) is 0 Å². The molecule has 0 atom stereocenters. The Morgan fingerprint density at radius 3 is 2.21 bits per heavy atom. The highest BCUT2D eigenvalue weighted by molar-refractivity contribution is 5.90. The molecule has 4 aromatic rings. The molecule has 7 heteroatoms. The average molecular weight is 380 g/mol. The van der Waals surface area contributed by atoms with Crippen molar-refractivity contribution in [2.24, 2.45) is 7.05 Å². The summed E-state index contributed by atoms with van der Waals surface area (Å²) >= 11 is 0. The number of fused-ring (bicyclic) bond motifs is 1. The van der Waals surface area contributed by atoms with Crippen molar-refractivity contribution in [3.63, 3.8) is 0 Å². The standard InChI is InChI=1S/C21H14F2N2O3/c1-25-16(10-12-2-6-14(22)7-3-12)11-17-18(20(25)26)19(24-21(27)28-17)13-4-8-15(23)9-5-13/h2-9,11H,10H2,1H3. The Morgan fingerprint density at radius 1 is 0.964 bits per heavy atom. The number of halogens is 2. The van der Waals surface area contributed by atoms with Gasteiger partial charge < -0.3 is 8.98 Å². The summed E-state index contributed by atoms with van der Waals surface area (Å²) < 4.78 is 32.9. The van der Waals surface area contributed by atoms with Crippen molar-refractivity contribution in [3.8, 4) is 11.3 Å². The Hall–Kier alpha value is -3.61. The van der Waals surface area contributed by atoms with E-state index in [9.17, 15) is 18.4 Å². The predicted molar refractivity (Wildman–Crippen MR) is 100 cm³/mol. The summed E-state index contributed by atoms with van der Waals surface area (Å²) in [5.74, 6) is -1.64. The van der Waals surface area contributed by atoms with Crippen LogP contribution in [-0.4, -0.2) is 9.55 Å². The summed E-state index contributed by atoms with van der Waals surface area (Å²) in [6.45, 7) is 0. The van der Waals surface area contributed by atoms with Crippen LogP contribution < -0.4 is 11.3 Å².